The van der Waals surface area contributed by atoms with Crippen LogP contribution in [0.4, 0.5) is 0 Å². The number of nitrogens with two attached hydrogens (primary N) is 1. The Labute approximate surface area is 117 Å². The highest BCUT2D eigenvalue weighted by atomic mass is 79.9. The molecule has 0 aliphatic rings. The molecule has 0 spiro atoms. The van der Waals surface area contributed by atoms with Crippen LogP contribution in [0.25, 0.3) is 0 Å². The van der Waals surface area contributed by atoms with Crippen molar-refractivity contribution < 1.29 is 4.74 Å². The van der Waals surface area contributed by atoms with E-state index in [1.54, 1.807) is 11.3 Å². The van der Waals surface area contributed by atoms with Crippen molar-refractivity contribution >= 4 is 27.3 Å². The van der Waals surface area contributed by atoms with Gasteiger partial charge in [0.2, 0.25) is 0 Å². The summed E-state index contributed by atoms with van der Waals surface area (Å²) in [6, 6.07) is 4.20. The molecule has 2 atom stereocenters. The summed E-state index contributed by atoms with van der Waals surface area (Å²) in [5, 5.41) is 0. The van der Waals surface area contributed by atoms with Gasteiger partial charge in [-0.15, -0.1) is 11.3 Å². The van der Waals surface area contributed by atoms with Crippen LogP contribution >= 0.6 is 27.3 Å². The summed E-state index contributed by atoms with van der Waals surface area (Å²) in [5.41, 5.74) is 6.06. The van der Waals surface area contributed by atoms with E-state index >= 15 is 0 Å². The van der Waals surface area contributed by atoms with Gasteiger partial charge in [-0.3, -0.25) is 0 Å². The Morgan fingerprint density at radius 2 is 2.06 bits per heavy atom. The Kier molecular flexibility index (Phi) is 5.64. The van der Waals surface area contributed by atoms with Gasteiger partial charge in [-0.1, -0.05) is 13.8 Å². The molecule has 0 radical (unpaired) electrons. The number of rotatable bonds is 6. The van der Waals surface area contributed by atoms with Crippen molar-refractivity contribution in [2.45, 2.75) is 58.3 Å². The van der Waals surface area contributed by atoms with Gasteiger partial charge in [0.15, 0.2) is 0 Å². The summed E-state index contributed by atoms with van der Waals surface area (Å²) in [6.07, 6.45) is 1.89. The quantitative estimate of drug-likeness (QED) is 0.838. The van der Waals surface area contributed by atoms with E-state index in [9.17, 15) is 0 Å². The van der Waals surface area contributed by atoms with Crippen LogP contribution in [0.1, 0.15) is 51.5 Å². The predicted molar refractivity (Wildman–Crippen MR) is 78.5 cm³/mol. The van der Waals surface area contributed by atoms with E-state index in [-0.39, 0.29) is 17.7 Å². The molecule has 4 heteroatoms. The van der Waals surface area contributed by atoms with Gasteiger partial charge in [0, 0.05) is 10.9 Å². The monoisotopic (exact) mass is 319 g/mol. The molecule has 98 valence electrons. The fourth-order valence-corrected chi connectivity index (χ4v) is 3.01. The highest BCUT2D eigenvalue weighted by Crippen LogP contribution is 2.35. The average molecular weight is 320 g/mol. The molecule has 2 nitrogen and oxygen atoms in total. The Morgan fingerprint density at radius 3 is 2.47 bits per heavy atom. The number of halogens is 1. The topological polar surface area (TPSA) is 35.2 Å². The zero-order valence-electron chi connectivity index (χ0n) is 11.0. The van der Waals surface area contributed by atoms with Gasteiger partial charge in [0.25, 0.3) is 0 Å². The molecule has 0 saturated carbocycles. The molecule has 17 heavy (non-hydrogen) atoms. The molecule has 0 fully saturated rings. The SMILES string of the molecule is CCC(N)C(OC(C)(C)CC)c1ccc(Br)s1. The van der Waals surface area contributed by atoms with E-state index < -0.39 is 0 Å². The average Bonchev–Trinajstić information content (AvgIpc) is 2.71. The van der Waals surface area contributed by atoms with Gasteiger partial charge in [-0.25, -0.2) is 0 Å². The standard InChI is InChI=1S/C13H22BrNOS/c1-5-9(15)12(16-13(3,4)6-2)10-7-8-11(14)17-10/h7-9,12H,5-6,15H2,1-4H3. The first-order chi connectivity index (χ1) is 7.89. The lowest BCUT2D eigenvalue weighted by Crippen LogP contribution is -2.35. The maximum absolute atomic E-state index is 6.20. The minimum Gasteiger partial charge on any atom is -0.365 e. The molecule has 1 aromatic heterocycles. The van der Waals surface area contributed by atoms with Crippen LogP contribution in [0.5, 0.6) is 0 Å². The zero-order valence-corrected chi connectivity index (χ0v) is 13.4. The Hall–Kier alpha value is 0.1000. The van der Waals surface area contributed by atoms with E-state index in [4.69, 9.17) is 10.5 Å². The summed E-state index contributed by atoms with van der Waals surface area (Å²) < 4.78 is 7.33. The van der Waals surface area contributed by atoms with Gasteiger partial charge in [0.1, 0.15) is 6.10 Å². The lowest BCUT2D eigenvalue weighted by Gasteiger charge is -2.32. The first-order valence-electron chi connectivity index (χ1n) is 6.08. The molecule has 2 unspecified atom stereocenters. The molecule has 1 aromatic rings. The Morgan fingerprint density at radius 1 is 1.41 bits per heavy atom. The molecule has 1 rings (SSSR count). The lowest BCUT2D eigenvalue weighted by atomic mass is 10.0. The van der Waals surface area contributed by atoms with E-state index in [2.05, 4.69) is 55.8 Å². The van der Waals surface area contributed by atoms with Gasteiger partial charge < -0.3 is 10.5 Å². The predicted octanol–water partition coefficient (Wildman–Crippen LogP) is 4.49. The number of hydrogen-bond donors (Lipinski definition) is 1. The van der Waals surface area contributed by atoms with Crippen LogP contribution in [0.15, 0.2) is 15.9 Å². The Bertz CT molecular complexity index is 351. The summed E-state index contributed by atoms with van der Waals surface area (Å²) >= 11 is 5.19. The normalized spacial score (nSPS) is 15.9. The van der Waals surface area contributed by atoms with Crippen molar-refractivity contribution in [3.05, 3.63) is 20.8 Å². The van der Waals surface area contributed by atoms with Gasteiger partial charge in [0.05, 0.1) is 9.39 Å². The number of hydrogen-bond acceptors (Lipinski definition) is 3. The fourth-order valence-electron chi connectivity index (χ4n) is 1.48. The third-order valence-electron chi connectivity index (χ3n) is 3.03. The van der Waals surface area contributed by atoms with E-state index in [0.29, 0.717) is 0 Å². The van der Waals surface area contributed by atoms with Crippen LogP contribution in [0, 0.1) is 0 Å². The molecular formula is C13H22BrNOS. The smallest absolute Gasteiger partial charge is 0.107 e. The van der Waals surface area contributed by atoms with Crippen molar-refractivity contribution in [3.8, 4) is 0 Å². The van der Waals surface area contributed by atoms with E-state index in [1.165, 1.54) is 4.88 Å². The summed E-state index contributed by atoms with van der Waals surface area (Å²) in [6.45, 7) is 8.47. The third-order valence-corrected chi connectivity index (χ3v) is 4.72. The molecule has 0 saturated heterocycles. The molecule has 0 aromatic carbocycles. The maximum atomic E-state index is 6.20. The van der Waals surface area contributed by atoms with Crippen molar-refractivity contribution in [1.29, 1.82) is 0 Å². The van der Waals surface area contributed by atoms with Crippen LogP contribution in [-0.4, -0.2) is 11.6 Å². The van der Waals surface area contributed by atoms with E-state index in [0.717, 1.165) is 16.6 Å². The summed E-state index contributed by atoms with van der Waals surface area (Å²) in [5.74, 6) is 0. The van der Waals surface area contributed by atoms with Crippen LogP contribution in [-0.2, 0) is 4.74 Å². The second-order valence-electron chi connectivity index (χ2n) is 4.87. The molecule has 0 bridgehead atoms. The third kappa shape index (κ3) is 4.36. The summed E-state index contributed by atoms with van der Waals surface area (Å²) in [7, 11) is 0. The molecule has 2 N–H and O–H groups in total. The fraction of sp³-hybridized carbons (Fsp3) is 0.692. The summed E-state index contributed by atoms with van der Waals surface area (Å²) in [4.78, 5) is 1.20. The molecule has 0 aliphatic heterocycles. The van der Waals surface area contributed by atoms with Gasteiger partial charge in [-0.05, 0) is 54.8 Å². The van der Waals surface area contributed by atoms with Crippen LogP contribution in [0.3, 0.4) is 0 Å². The second kappa shape index (κ2) is 6.32. The highest BCUT2D eigenvalue weighted by Gasteiger charge is 2.28. The second-order valence-corrected chi connectivity index (χ2v) is 7.36. The van der Waals surface area contributed by atoms with Gasteiger partial charge in [-0.2, -0.15) is 0 Å². The van der Waals surface area contributed by atoms with Crippen LogP contribution < -0.4 is 5.73 Å². The molecule has 0 amide bonds. The minimum atomic E-state index is -0.131. The molecular weight excluding hydrogens is 298 g/mol. The molecule has 1 heterocycles. The largest absolute Gasteiger partial charge is 0.365 e. The Balaban J connectivity index is 2.89. The van der Waals surface area contributed by atoms with Crippen molar-refractivity contribution in [2.75, 3.05) is 0 Å². The maximum Gasteiger partial charge on any atom is 0.107 e. The van der Waals surface area contributed by atoms with Crippen molar-refractivity contribution in [2.24, 2.45) is 5.73 Å². The molecule has 0 aliphatic carbocycles. The van der Waals surface area contributed by atoms with Gasteiger partial charge >= 0.3 is 0 Å². The first-order valence-corrected chi connectivity index (χ1v) is 7.69. The first kappa shape index (κ1) is 15.2. The van der Waals surface area contributed by atoms with Crippen LogP contribution in [0.2, 0.25) is 0 Å². The van der Waals surface area contributed by atoms with Crippen molar-refractivity contribution in [3.63, 3.8) is 0 Å². The van der Waals surface area contributed by atoms with Crippen molar-refractivity contribution in [1.82, 2.24) is 0 Å². The lowest BCUT2D eigenvalue weighted by molar-refractivity contribution is -0.0843. The number of thiophene rings is 1. The minimum absolute atomic E-state index is 0.00810. The van der Waals surface area contributed by atoms with E-state index in [1.807, 2.05) is 0 Å². The zero-order chi connectivity index (χ0) is 13.1. The number of ether oxygens (including phenoxy) is 1. The highest BCUT2D eigenvalue weighted by molar-refractivity contribution is 9.11.